The molecule has 8 heteroatoms. The minimum absolute atomic E-state index is 0.105. The fourth-order valence-electron chi connectivity index (χ4n) is 2.74. The second-order valence-corrected chi connectivity index (χ2v) is 8.50. The van der Waals surface area contributed by atoms with Crippen LogP contribution in [0.1, 0.15) is 12.5 Å². The summed E-state index contributed by atoms with van der Waals surface area (Å²) in [5, 5.41) is 8.13. The quantitative estimate of drug-likeness (QED) is 0.755. The molecule has 0 spiro atoms. The summed E-state index contributed by atoms with van der Waals surface area (Å²) in [5.41, 5.74) is 0.747. The first-order valence-corrected chi connectivity index (χ1v) is 9.87. The number of aliphatic carboxylic acids is 1. The summed E-state index contributed by atoms with van der Waals surface area (Å²) in [6, 6.07) is 8.86. The molecule has 0 radical (unpaired) electrons. The molecule has 1 aromatic rings. The standard InChI is InChI=1S/C17H23NO6S/c1-13(16(19)18-7-9-24-10-8-18)25(22,23)12-15(17(20)21)11-14-5-3-2-4-6-14/h2-6,13,15H,7-12H2,1H3,(H,20,21)/t13?,15-/m1/s1. The van der Waals surface area contributed by atoms with Gasteiger partial charge in [-0.2, -0.15) is 0 Å². The largest absolute Gasteiger partial charge is 0.481 e. The lowest BCUT2D eigenvalue weighted by atomic mass is 10.0. The van der Waals surface area contributed by atoms with Gasteiger partial charge in [0.1, 0.15) is 5.25 Å². The van der Waals surface area contributed by atoms with Crippen molar-refractivity contribution in [3.05, 3.63) is 35.9 Å². The summed E-state index contributed by atoms with van der Waals surface area (Å²) in [6.45, 7) is 2.79. The Bertz CT molecular complexity index is 697. The van der Waals surface area contributed by atoms with Gasteiger partial charge in [0.05, 0.1) is 24.9 Å². The first-order valence-electron chi connectivity index (χ1n) is 8.16. The average Bonchev–Trinajstić information content (AvgIpc) is 2.61. The lowest BCUT2D eigenvalue weighted by Gasteiger charge is -2.29. The van der Waals surface area contributed by atoms with Crippen molar-refractivity contribution >= 4 is 21.7 Å². The highest BCUT2D eigenvalue weighted by atomic mass is 32.2. The molecule has 1 aromatic carbocycles. The molecule has 7 nitrogen and oxygen atoms in total. The highest BCUT2D eigenvalue weighted by Gasteiger charge is 2.35. The molecule has 1 aliphatic rings. The van der Waals surface area contributed by atoms with Gasteiger partial charge in [-0.15, -0.1) is 0 Å². The number of carboxylic acids is 1. The summed E-state index contributed by atoms with van der Waals surface area (Å²) in [4.78, 5) is 25.4. The van der Waals surface area contributed by atoms with Crippen LogP contribution < -0.4 is 0 Å². The van der Waals surface area contributed by atoms with E-state index in [0.717, 1.165) is 5.56 Å². The number of carboxylic acid groups (broad SMARTS) is 1. The molecule has 1 unspecified atom stereocenters. The van der Waals surface area contributed by atoms with Gasteiger partial charge >= 0.3 is 5.97 Å². The van der Waals surface area contributed by atoms with Crippen LogP contribution in [0.2, 0.25) is 0 Å². The van der Waals surface area contributed by atoms with Crippen LogP contribution in [0.15, 0.2) is 30.3 Å². The van der Waals surface area contributed by atoms with Crippen LogP contribution in [-0.4, -0.2) is 67.6 Å². The lowest BCUT2D eigenvalue weighted by molar-refractivity contribution is -0.141. The second-order valence-electron chi connectivity index (χ2n) is 6.13. The zero-order valence-electron chi connectivity index (χ0n) is 14.1. The molecule has 1 N–H and O–H groups in total. The Morgan fingerprint density at radius 2 is 1.80 bits per heavy atom. The first-order chi connectivity index (χ1) is 11.8. The van der Waals surface area contributed by atoms with Gasteiger partial charge in [-0.1, -0.05) is 30.3 Å². The van der Waals surface area contributed by atoms with Crippen LogP contribution in [0.25, 0.3) is 0 Å². The van der Waals surface area contributed by atoms with Crippen LogP contribution in [0.5, 0.6) is 0 Å². The number of carbonyl (C=O) groups excluding carboxylic acids is 1. The van der Waals surface area contributed by atoms with E-state index in [-0.39, 0.29) is 6.42 Å². The predicted octanol–water partition coefficient (Wildman–Crippen LogP) is 0.592. The van der Waals surface area contributed by atoms with Gasteiger partial charge < -0.3 is 14.7 Å². The number of rotatable bonds is 7. The topological polar surface area (TPSA) is 101 Å². The number of carbonyl (C=O) groups is 2. The summed E-state index contributed by atoms with van der Waals surface area (Å²) in [5.74, 6) is -3.33. The van der Waals surface area contributed by atoms with Gasteiger partial charge in [-0.25, -0.2) is 8.42 Å². The molecular formula is C17H23NO6S. The van der Waals surface area contributed by atoms with E-state index in [0.29, 0.717) is 26.3 Å². The van der Waals surface area contributed by atoms with E-state index in [4.69, 9.17) is 4.74 Å². The maximum absolute atomic E-state index is 12.6. The first kappa shape index (κ1) is 19.4. The number of amides is 1. The van der Waals surface area contributed by atoms with E-state index in [9.17, 15) is 23.1 Å². The van der Waals surface area contributed by atoms with E-state index >= 15 is 0 Å². The van der Waals surface area contributed by atoms with Crippen molar-refractivity contribution in [2.45, 2.75) is 18.6 Å². The van der Waals surface area contributed by atoms with E-state index in [1.807, 2.05) is 0 Å². The summed E-state index contributed by atoms with van der Waals surface area (Å²) >= 11 is 0. The molecule has 1 fully saturated rings. The Labute approximate surface area is 147 Å². The van der Waals surface area contributed by atoms with Crippen LogP contribution in [-0.2, 0) is 30.6 Å². The Kier molecular flexibility index (Phi) is 6.55. The molecule has 2 rings (SSSR count). The fourth-order valence-corrected chi connectivity index (χ4v) is 4.30. The molecule has 0 aromatic heterocycles. The maximum Gasteiger partial charge on any atom is 0.307 e. The van der Waals surface area contributed by atoms with Crippen molar-refractivity contribution in [2.24, 2.45) is 5.92 Å². The number of sulfone groups is 1. The number of benzene rings is 1. The van der Waals surface area contributed by atoms with E-state index in [1.165, 1.54) is 11.8 Å². The molecule has 1 aliphatic heterocycles. The smallest absolute Gasteiger partial charge is 0.307 e. The van der Waals surface area contributed by atoms with Gasteiger partial charge in [0.15, 0.2) is 9.84 Å². The van der Waals surface area contributed by atoms with Crippen LogP contribution in [0.4, 0.5) is 0 Å². The molecule has 25 heavy (non-hydrogen) atoms. The SMILES string of the molecule is CC(C(=O)N1CCOCC1)S(=O)(=O)C[C@@H](Cc1ccccc1)C(=O)O. The molecular weight excluding hydrogens is 346 g/mol. The van der Waals surface area contributed by atoms with E-state index in [2.05, 4.69) is 0 Å². The molecule has 2 atom stereocenters. The highest BCUT2D eigenvalue weighted by Crippen LogP contribution is 2.16. The van der Waals surface area contributed by atoms with Gasteiger partial charge in [-0.3, -0.25) is 9.59 Å². The zero-order valence-corrected chi connectivity index (χ0v) is 14.9. The van der Waals surface area contributed by atoms with Crippen molar-refractivity contribution in [1.82, 2.24) is 4.90 Å². The second kappa shape index (κ2) is 8.44. The van der Waals surface area contributed by atoms with Crippen molar-refractivity contribution in [2.75, 3.05) is 32.1 Å². The highest BCUT2D eigenvalue weighted by molar-refractivity contribution is 7.92. The molecule has 138 valence electrons. The molecule has 0 bridgehead atoms. The molecule has 0 saturated carbocycles. The molecule has 1 amide bonds. The van der Waals surface area contributed by atoms with Crippen molar-refractivity contribution in [1.29, 1.82) is 0 Å². The van der Waals surface area contributed by atoms with Crippen molar-refractivity contribution in [3.8, 4) is 0 Å². The minimum Gasteiger partial charge on any atom is -0.481 e. The van der Waals surface area contributed by atoms with Gasteiger partial charge in [-0.05, 0) is 18.9 Å². The normalized spacial score (nSPS) is 17.7. The maximum atomic E-state index is 12.6. The summed E-state index contributed by atoms with van der Waals surface area (Å²) in [6.07, 6.45) is 0.105. The third kappa shape index (κ3) is 5.27. The fraction of sp³-hybridized carbons (Fsp3) is 0.529. The monoisotopic (exact) mass is 369 g/mol. The number of hydrogen-bond donors (Lipinski definition) is 1. The molecule has 1 heterocycles. The Morgan fingerprint density at radius 1 is 1.20 bits per heavy atom. The summed E-state index contributed by atoms with van der Waals surface area (Å²) in [7, 11) is -3.89. The Morgan fingerprint density at radius 3 is 2.36 bits per heavy atom. The van der Waals surface area contributed by atoms with E-state index in [1.54, 1.807) is 30.3 Å². The third-order valence-corrected chi connectivity index (χ3v) is 6.46. The zero-order chi connectivity index (χ0) is 18.4. The third-order valence-electron chi connectivity index (χ3n) is 4.32. The lowest BCUT2D eigenvalue weighted by Crippen LogP contribution is -2.48. The minimum atomic E-state index is -3.89. The van der Waals surface area contributed by atoms with Crippen molar-refractivity contribution < 1.29 is 27.9 Å². The van der Waals surface area contributed by atoms with Crippen LogP contribution in [0, 0.1) is 5.92 Å². The number of morpholine rings is 1. The Hall–Kier alpha value is -1.93. The van der Waals surface area contributed by atoms with E-state index < -0.39 is 38.6 Å². The van der Waals surface area contributed by atoms with Crippen LogP contribution in [0.3, 0.4) is 0 Å². The number of nitrogens with zero attached hydrogens (tertiary/aromatic N) is 1. The van der Waals surface area contributed by atoms with Gasteiger partial charge in [0.25, 0.3) is 0 Å². The van der Waals surface area contributed by atoms with Crippen LogP contribution >= 0.6 is 0 Å². The Balaban J connectivity index is 2.08. The number of ether oxygens (including phenoxy) is 1. The molecule has 0 aliphatic carbocycles. The predicted molar refractivity (Wildman–Crippen MR) is 91.9 cm³/mol. The van der Waals surface area contributed by atoms with Crippen molar-refractivity contribution in [3.63, 3.8) is 0 Å². The number of hydrogen-bond acceptors (Lipinski definition) is 5. The van der Waals surface area contributed by atoms with Gasteiger partial charge in [0.2, 0.25) is 5.91 Å². The summed E-state index contributed by atoms with van der Waals surface area (Å²) < 4.78 is 30.3. The molecule has 1 saturated heterocycles. The van der Waals surface area contributed by atoms with Gasteiger partial charge in [0, 0.05) is 13.1 Å². The average molecular weight is 369 g/mol.